The molecule has 0 saturated heterocycles. The van der Waals surface area contributed by atoms with Crippen molar-refractivity contribution in [1.82, 2.24) is 0 Å². The third-order valence-corrected chi connectivity index (χ3v) is 2.22. The van der Waals surface area contributed by atoms with E-state index < -0.39 is 23.7 Å². The van der Waals surface area contributed by atoms with Crippen molar-refractivity contribution in [2.24, 2.45) is 5.18 Å². The lowest BCUT2D eigenvalue weighted by Crippen LogP contribution is -2.41. The van der Waals surface area contributed by atoms with Crippen molar-refractivity contribution >= 4 is 0 Å². The highest BCUT2D eigenvalue weighted by Crippen LogP contribution is 2.46. The largest absolute Gasteiger partial charge is 0.456 e. The molecule has 0 fully saturated rings. The van der Waals surface area contributed by atoms with Crippen LogP contribution in [0.15, 0.2) is 29.4 Å². The van der Waals surface area contributed by atoms with Gasteiger partial charge >= 0.3 is 12.1 Å². The Morgan fingerprint density at radius 1 is 1.06 bits per heavy atom. The fraction of sp³-hybridized carbons (Fsp3) is 0.400. The molecule has 94 valence electrons. The summed E-state index contributed by atoms with van der Waals surface area (Å²) in [6.45, 7) is 1.63. The molecule has 0 aliphatic rings. The summed E-state index contributed by atoms with van der Waals surface area (Å²) in [6, 6.07) is 1.96. The van der Waals surface area contributed by atoms with E-state index in [9.17, 15) is 26.9 Å². The Bertz CT molecular complexity index is 398. The summed E-state index contributed by atoms with van der Waals surface area (Å²) in [7, 11) is 0. The minimum Gasteiger partial charge on any atom is -0.193 e. The lowest BCUT2D eigenvalue weighted by molar-refractivity contribution is -0.290. The number of rotatable bonds is 3. The van der Waals surface area contributed by atoms with Crippen LogP contribution in [0.1, 0.15) is 17.2 Å². The fourth-order valence-electron chi connectivity index (χ4n) is 1.24. The van der Waals surface area contributed by atoms with Crippen molar-refractivity contribution in [3.8, 4) is 0 Å². The van der Waals surface area contributed by atoms with Gasteiger partial charge in [0.1, 0.15) is 0 Å². The molecule has 0 aliphatic carbocycles. The van der Waals surface area contributed by atoms with Crippen LogP contribution in [-0.4, -0.2) is 12.1 Å². The number of hydrogen-bond donors (Lipinski definition) is 0. The van der Waals surface area contributed by atoms with Crippen LogP contribution >= 0.6 is 0 Å². The van der Waals surface area contributed by atoms with Gasteiger partial charge in [-0.3, -0.25) is 0 Å². The van der Waals surface area contributed by atoms with Crippen molar-refractivity contribution in [1.29, 1.82) is 0 Å². The molecular weight excluding hydrogens is 245 g/mol. The zero-order valence-corrected chi connectivity index (χ0v) is 8.63. The van der Waals surface area contributed by atoms with Gasteiger partial charge in [-0.15, -0.1) is 4.91 Å². The van der Waals surface area contributed by atoms with Gasteiger partial charge in [0.05, 0.1) is 0 Å². The number of alkyl halides is 5. The van der Waals surface area contributed by atoms with E-state index in [4.69, 9.17) is 0 Å². The average Bonchev–Trinajstić information content (AvgIpc) is 2.20. The lowest BCUT2D eigenvalue weighted by atomic mass is 10.00. The molecule has 0 amide bonds. The topological polar surface area (TPSA) is 29.4 Å². The monoisotopic (exact) mass is 253 g/mol. The molecule has 0 saturated carbocycles. The number of nitroso groups, excluding NO2 is 1. The summed E-state index contributed by atoms with van der Waals surface area (Å²) in [5.41, 5.74) is 0.210. The quantitative estimate of drug-likeness (QED) is 0.591. The molecule has 0 bridgehead atoms. The van der Waals surface area contributed by atoms with E-state index in [2.05, 4.69) is 0 Å². The normalized spacial score (nSPS) is 14.5. The summed E-state index contributed by atoms with van der Waals surface area (Å²) in [5, 5.41) is 1.91. The molecule has 2 nitrogen and oxygen atoms in total. The van der Waals surface area contributed by atoms with Crippen molar-refractivity contribution in [2.75, 3.05) is 0 Å². The van der Waals surface area contributed by atoms with Crippen LogP contribution in [0.25, 0.3) is 0 Å². The molecule has 0 spiro atoms. The van der Waals surface area contributed by atoms with Crippen LogP contribution < -0.4 is 0 Å². The molecule has 0 radical (unpaired) electrons. The number of halogens is 5. The average molecular weight is 253 g/mol. The maximum atomic E-state index is 13.0. The van der Waals surface area contributed by atoms with Gasteiger partial charge in [0.15, 0.2) is 6.04 Å². The van der Waals surface area contributed by atoms with Crippen LogP contribution in [-0.2, 0) is 0 Å². The molecule has 0 heterocycles. The van der Waals surface area contributed by atoms with Crippen molar-refractivity contribution in [3.05, 3.63) is 40.3 Å². The molecule has 0 N–H and O–H groups in total. The summed E-state index contributed by atoms with van der Waals surface area (Å²) < 4.78 is 62.2. The van der Waals surface area contributed by atoms with E-state index in [-0.39, 0.29) is 0 Å². The van der Waals surface area contributed by atoms with Crippen molar-refractivity contribution in [3.63, 3.8) is 0 Å². The molecular formula is C10H8F5NO. The minimum atomic E-state index is -5.81. The third kappa shape index (κ3) is 2.59. The number of hydrogen-bond acceptors (Lipinski definition) is 2. The van der Waals surface area contributed by atoms with Crippen LogP contribution in [0.2, 0.25) is 0 Å². The van der Waals surface area contributed by atoms with E-state index in [1.807, 2.05) is 5.18 Å². The van der Waals surface area contributed by atoms with Crippen molar-refractivity contribution < 1.29 is 22.0 Å². The third-order valence-electron chi connectivity index (χ3n) is 2.22. The zero-order chi connectivity index (χ0) is 13.3. The molecule has 0 aliphatic heterocycles. The Morgan fingerprint density at radius 3 is 1.88 bits per heavy atom. The molecule has 1 unspecified atom stereocenters. The summed E-state index contributed by atoms with van der Waals surface area (Å²) >= 11 is 0. The zero-order valence-electron chi connectivity index (χ0n) is 8.63. The van der Waals surface area contributed by atoms with E-state index in [0.29, 0.717) is 5.56 Å². The summed E-state index contributed by atoms with van der Waals surface area (Å²) in [4.78, 5) is 10.3. The molecule has 1 aromatic carbocycles. The Balaban J connectivity index is 3.16. The smallest absolute Gasteiger partial charge is 0.193 e. The highest BCUT2D eigenvalue weighted by Gasteiger charge is 2.63. The summed E-state index contributed by atoms with van der Waals surface area (Å²) in [6.07, 6.45) is -5.81. The Labute approximate surface area is 93.4 Å². The molecule has 1 aromatic rings. The SMILES string of the molecule is Cc1ccc(C(N=O)C(F)(F)C(F)(F)F)cc1. The van der Waals surface area contributed by atoms with Gasteiger partial charge in [0, 0.05) is 0 Å². The van der Waals surface area contributed by atoms with Gasteiger partial charge in [-0.2, -0.15) is 22.0 Å². The van der Waals surface area contributed by atoms with Crippen molar-refractivity contribution in [2.45, 2.75) is 25.1 Å². The van der Waals surface area contributed by atoms with E-state index >= 15 is 0 Å². The maximum absolute atomic E-state index is 13.0. The van der Waals surface area contributed by atoms with E-state index in [1.165, 1.54) is 12.1 Å². The first-order valence-corrected chi connectivity index (χ1v) is 4.53. The van der Waals surface area contributed by atoms with Gasteiger partial charge in [-0.25, -0.2) is 0 Å². The van der Waals surface area contributed by atoms with Gasteiger partial charge in [-0.1, -0.05) is 35.0 Å². The first-order valence-electron chi connectivity index (χ1n) is 4.53. The molecule has 7 heteroatoms. The van der Waals surface area contributed by atoms with Crippen LogP contribution in [0.4, 0.5) is 22.0 Å². The fourth-order valence-corrected chi connectivity index (χ4v) is 1.24. The van der Waals surface area contributed by atoms with Gasteiger partial charge in [0.2, 0.25) is 0 Å². The number of benzene rings is 1. The predicted octanol–water partition coefficient (Wildman–Crippen LogP) is 4.00. The second-order valence-electron chi connectivity index (χ2n) is 3.54. The highest BCUT2D eigenvalue weighted by molar-refractivity contribution is 5.26. The standard InChI is InChI=1S/C10H8F5NO/c1-6-2-4-7(5-3-6)8(16-17)9(11,12)10(13,14)15/h2-5,8H,1H3. The summed E-state index contributed by atoms with van der Waals surface area (Å²) in [5.74, 6) is -5.18. The second kappa shape index (κ2) is 4.38. The van der Waals surface area contributed by atoms with Gasteiger partial charge in [-0.05, 0) is 12.5 Å². The van der Waals surface area contributed by atoms with E-state index in [1.54, 1.807) is 6.92 Å². The molecule has 17 heavy (non-hydrogen) atoms. The Hall–Kier alpha value is -1.53. The van der Waals surface area contributed by atoms with Gasteiger partial charge in [0.25, 0.3) is 0 Å². The molecule has 1 rings (SSSR count). The second-order valence-corrected chi connectivity index (χ2v) is 3.54. The van der Waals surface area contributed by atoms with Crippen LogP contribution in [0.5, 0.6) is 0 Å². The Morgan fingerprint density at radius 2 is 1.53 bits per heavy atom. The number of nitrogens with zero attached hydrogens (tertiary/aromatic N) is 1. The molecule has 1 atom stereocenters. The number of aryl methyl sites for hydroxylation is 1. The van der Waals surface area contributed by atoms with Crippen LogP contribution in [0, 0.1) is 11.8 Å². The maximum Gasteiger partial charge on any atom is 0.456 e. The first kappa shape index (κ1) is 13.5. The predicted molar refractivity (Wildman–Crippen MR) is 50.7 cm³/mol. The Kier molecular flexibility index (Phi) is 3.49. The molecule has 0 aromatic heterocycles. The highest BCUT2D eigenvalue weighted by atomic mass is 19.4. The van der Waals surface area contributed by atoms with Gasteiger partial charge < -0.3 is 0 Å². The lowest BCUT2D eigenvalue weighted by Gasteiger charge is -2.23. The van der Waals surface area contributed by atoms with Crippen LogP contribution in [0.3, 0.4) is 0 Å². The first-order chi connectivity index (χ1) is 7.70. The van der Waals surface area contributed by atoms with E-state index in [0.717, 1.165) is 12.1 Å². The minimum absolute atomic E-state index is 0.465.